The van der Waals surface area contributed by atoms with Crippen LogP contribution in [0.25, 0.3) is 0 Å². The van der Waals surface area contributed by atoms with Crippen molar-refractivity contribution < 1.29 is 24.2 Å². The predicted molar refractivity (Wildman–Crippen MR) is 58.8 cm³/mol. The highest BCUT2D eigenvalue weighted by Crippen LogP contribution is 2.10. The largest absolute Gasteiger partial charge is 0.480 e. The predicted octanol–water partition coefficient (Wildman–Crippen LogP) is -0.482. The zero-order chi connectivity index (χ0) is 12.7. The quantitative estimate of drug-likeness (QED) is 0.618. The Morgan fingerprint density at radius 2 is 2.35 bits per heavy atom. The summed E-state index contributed by atoms with van der Waals surface area (Å²) < 4.78 is 9.98. The first-order chi connectivity index (χ1) is 8.11. The van der Waals surface area contributed by atoms with Gasteiger partial charge in [-0.3, -0.25) is 0 Å². The third-order valence-electron chi connectivity index (χ3n) is 2.52. The maximum atomic E-state index is 11.6. The van der Waals surface area contributed by atoms with Gasteiger partial charge >= 0.3 is 12.0 Å². The summed E-state index contributed by atoms with van der Waals surface area (Å²) in [6.45, 7) is 1.39. The molecular formula is C10H18N2O5. The van der Waals surface area contributed by atoms with Gasteiger partial charge in [-0.25, -0.2) is 9.59 Å². The van der Waals surface area contributed by atoms with Crippen molar-refractivity contribution in [1.29, 1.82) is 0 Å². The van der Waals surface area contributed by atoms with Crippen molar-refractivity contribution in [3.8, 4) is 0 Å². The van der Waals surface area contributed by atoms with Gasteiger partial charge in [-0.15, -0.1) is 0 Å². The minimum atomic E-state index is -1.02. The van der Waals surface area contributed by atoms with E-state index in [9.17, 15) is 9.59 Å². The number of carboxylic acids is 1. The highest BCUT2D eigenvalue weighted by atomic mass is 16.5. The molecule has 0 aromatic rings. The van der Waals surface area contributed by atoms with E-state index < -0.39 is 5.97 Å². The molecule has 0 aromatic carbocycles. The normalized spacial score (nSPS) is 19.0. The molecule has 0 radical (unpaired) electrons. The minimum absolute atomic E-state index is 0.120. The van der Waals surface area contributed by atoms with Gasteiger partial charge in [0, 0.05) is 20.2 Å². The van der Waals surface area contributed by atoms with Gasteiger partial charge in [0.25, 0.3) is 0 Å². The van der Waals surface area contributed by atoms with Crippen LogP contribution in [-0.2, 0) is 14.3 Å². The Hall–Kier alpha value is -1.34. The van der Waals surface area contributed by atoms with Crippen molar-refractivity contribution in [2.24, 2.45) is 0 Å². The summed E-state index contributed by atoms with van der Waals surface area (Å²) in [5.74, 6) is -1.02. The lowest BCUT2D eigenvalue weighted by Crippen LogP contribution is -2.44. The van der Waals surface area contributed by atoms with Crippen LogP contribution >= 0.6 is 0 Å². The lowest BCUT2D eigenvalue weighted by Gasteiger charge is -2.23. The number of rotatable bonds is 6. The van der Waals surface area contributed by atoms with Crippen molar-refractivity contribution in [3.05, 3.63) is 0 Å². The zero-order valence-corrected chi connectivity index (χ0v) is 9.85. The van der Waals surface area contributed by atoms with Gasteiger partial charge in [0.15, 0.2) is 0 Å². The van der Waals surface area contributed by atoms with E-state index in [1.165, 1.54) is 0 Å². The molecule has 7 nitrogen and oxygen atoms in total. The second-order valence-electron chi connectivity index (χ2n) is 3.81. The van der Waals surface area contributed by atoms with Gasteiger partial charge in [0.05, 0.1) is 19.3 Å². The Labute approximate surface area is 99.7 Å². The molecule has 0 aliphatic carbocycles. The molecule has 0 saturated carbocycles. The number of hydrogen-bond acceptors (Lipinski definition) is 4. The van der Waals surface area contributed by atoms with Crippen LogP contribution in [0.15, 0.2) is 0 Å². The summed E-state index contributed by atoms with van der Waals surface area (Å²) in [5.41, 5.74) is 0. The molecule has 1 heterocycles. The fraction of sp³-hybridized carbons (Fsp3) is 0.800. The van der Waals surface area contributed by atoms with Crippen LogP contribution in [0.3, 0.4) is 0 Å². The molecule has 1 rings (SSSR count). The number of ether oxygens (including phenoxy) is 2. The molecule has 1 unspecified atom stereocenters. The standard InChI is InChI=1S/C10H18N2O5/c1-12(8-2-4-16-6-8)10(15)11-3-5-17-7-9(13)14/h8H,2-7H2,1H3,(H,11,15)(H,13,14). The van der Waals surface area contributed by atoms with Crippen molar-refractivity contribution in [3.63, 3.8) is 0 Å². The molecule has 17 heavy (non-hydrogen) atoms. The first-order valence-electron chi connectivity index (χ1n) is 5.49. The van der Waals surface area contributed by atoms with Gasteiger partial charge in [0.2, 0.25) is 0 Å². The third-order valence-corrected chi connectivity index (χ3v) is 2.52. The van der Waals surface area contributed by atoms with Crippen LogP contribution in [0, 0.1) is 0 Å². The van der Waals surface area contributed by atoms with Crippen molar-refractivity contribution in [2.75, 3.05) is 40.0 Å². The average molecular weight is 246 g/mol. The summed E-state index contributed by atoms with van der Waals surface area (Å²) in [6, 6.07) is -0.0747. The van der Waals surface area contributed by atoms with Crippen molar-refractivity contribution in [2.45, 2.75) is 12.5 Å². The molecular weight excluding hydrogens is 228 g/mol. The first-order valence-corrected chi connectivity index (χ1v) is 5.49. The van der Waals surface area contributed by atoms with Gasteiger partial charge < -0.3 is 24.8 Å². The maximum absolute atomic E-state index is 11.6. The van der Waals surface area contributed by atoms with E-state index in [2.05, 4.69) is 5.32 Å². The van der Waals surface area contributed by atoms with Crippen LogP contribution in [0.1, 0.15) is 6.42 Å². The monoisotopic (exact) mass is 246 g/mol. The van der Waals surface area contributed by atoms with E-state index in [4.69, 9.17) is 14.6 Å². The number of nitrogens with one attached hydrogen (secondary N) is 1. The second kappa shape index (κ2) is 7.08. The second-order valence-corrected chi connectivity index (χ2v) is 3.81. The minimum Gasteiger partial charge on any atom is -0.480 e. The van der Waals surface area contributed by atoms with Gasteiger partial charge in [-0.1, -0.05) is 0 Å². The highest BCUT2D eigenvalue weighted by Gasteiger charge is 2.23. The molecule has 0 spiro atoms. The number of hydrogen-bond donors (Lipinski definition) is 2. The summed E-state index contributed by atoms with van der Waals surface area (Å²) in [7, 11) is 1.72. The Morgan fingerprint density at radius 1 is 1.59 bits per heavy atom. The number of carbonyl (C=O) groups is 2. The molecule has 1 saturated heterocycles. The number of nitrogens with zero attached hydrogens (tertiary/aromatic N) is 1. The molecule has 1 atom stereocenters. The van der Waals surface area contributed by atoms with Gasteiger partial charge in [0.1, 0.15) is 6.61 Å². The Morgan fingerprint density at radius 3 is 2.94 bits per heavy atom. The summed E-state index contributed by atoms with van der Waals surface area (Å²) in [4.78, 5) is 23.4. The number of amides is 2. The van der Waals surface area contributed by atoms with E-state index in [1.807, 2.05) is 0 Å². The van der Waals surface area contributed by atoms with E-state index in [1.54, 1.807) is 11.9 Å². The van der Waals surface area contributed by atoms with Crippen LogP contribution in [0.5, 0.6) is 0 Å². The van der Waals surface area contributed by atoms with Crippen LogP contribution < -0.4 is 5.32 Å². The Bertz CT molecular complexity index is 265. The lowest BCUT2D eigenvalue weighted by atomic mass is 10.2. The third kappa shape index (κ3) is 5.01. The molecule has 1 aliphatic heterocycles. The van der Waals surface area contributed by atoms with E-state index in [0.29, 0.717) is 19.8 Å². The number of aliphatic carboxylic acids is 1. The maximum Gasteiger partial charge on any atom is 0.329 e. The average Bonchev–Trinajstić information content (AvgIpc) is 2.80. The molecule has 1 aliphatic rings. The van der Waals surface area contributed by atoms with Crippen LogP contribution in [0.4, 0.5) is 4.79 Å². The molecule has 7 heteroatoms. The van der Waals surface area contributed by atoms with Gasteiger partial charge in [-0.2, -0.15) is 0 Å². The Kier molecular flexibility index (Phi) is 5.71. The van der Waals surface area contributed by atoms with Crippen LogP contribution in [0.2, 0.25) is 0 Å². The highest BCUT2D eigenvalue weighted by molar-refractivity contribution is 5.74. The molecule has 98 valence electrons. The van der Waals surface area contributed by atoms with Crippen molar-refractivity contribution >= 4 is 12.0 Å². The number of carbonyl (C=O) groups excluding carboxylic acids is 1. The van der Waals surface area contributed by atoms with Gasteiger partial charge in [-0.05, 0) is 6.42 Å². The molecule has 2 amide bonds. The zero-order valence-electron chi connectivity index (χ0n) is 9.85. The SMILES string of the molecule is CN(C(=O)NCCOCC(=O)O)C1CCOC1. The Balaban J connectivity index is 2.09. The molecule has 2 N–H and O–H groups in total. The number of carboxylic acid groups (broad SMARTS) is 1. The summed E-state index contributed by atoms with van der Waals surface area (Å²) in [5, 5.41) is 11.0. The first kappa shape index (κ1) is 13.7. The fourth-order valence-electron chi connectivity index (χ4n) is 1.51. The van der Waals surface area contributed by atoms with Crippen molar-refractivity contribution in [1.82, 2.24) is 10.2 Å². The summed E-state index contributed by atoms with van der Waals surface area (Å²) in [6.07, 6.45) is 0.847. The number of urea groups is 1. The van der Waals surface area contributed by atoms with E-state index >= 15 is 0 Å². The lowest BCUT2D eigenvalue weighted by molar-refractivity contribution is -0.142. The molecule has 1 fully saturated rings. The summed E-state index contributed by atoms with van der Waals surface area (Å²) >= 11 is 0. The van der Waals surface area contributed by atoms with E-state index in [-0.39, 0.29) is 25.3 Å². The number of likely N-dealkylation sites (N-methyl/N-ethyl adjacent to an activating group) is 1. The van der Waals surface area contributed by atoms with E-state index in [0.717, 1.165) is 6.42 Å². The molecule has 0 bridgehead atoms. The smallest absolute Gasteiger partial charge is 0.329 e. The molecule has 0 aromatic heterocycles. The fourth-order valence-corrected chi connectivity index (χ4v) is 1.51. The van der Waals surface area contributed by atoms with Crippen LogP contribution in [-0.4, -0.2) is 68.1 Å². The topological polar surface area (TPSA) is 88.1 Å².